The Hall–Kier alpha value is -0.390. The van der Waals surface area contributed by atoms with Crippen LogP contribution in [0.5, 0.6) is 0 Å². The van der Waals surface area contributed by atoms with Crippen LogP contribution in [-0.2, 0) is 16.3 Å². The molecule has 18 heavy (non-hydrogen) atoms. The van der Waals surface area contributed by atoms with E-state index in [0.29, 0.717) is 0 Å². The van der Waals surface area contributed by atoms with E-state index in [9.17, 15) is 8.42 Å². The minimum absolute atomic E-state index is 0.0415. The summed E-state index contributed by atoms with van der Waals surface area (Å²) < 4.78 is 23.3. The first-order valence-electron chi connectivity index (χ1n) is 6.38. The molecule has 2 atom stereocenters. The highest BCUT2D eigenvalue weighted by Crippen LogP contribution is 2.14. The summed E-state index contributed by atoms with van der Waals surface area (Å²) in [7, 11) is -2.98. The smallest absolute Gasteiger partial charge is 0.151 e. The molecule has 0 spiro atoms. The summed E-state index contributed by atoms with van der Waals surface area (Å²) in [6, 6.07) is 2.15. The first kappa shape index (κ1) is 15.7. The fourth-order valence-corrected chi connectivity index (χ4v) is 3.42. The summed E-state index contributed by atoms with van der Waals surface area (Å²) in [6.07, 6.45) is 4.14. The largest absolute Gasteiger partial charge is 0.313 e. The molecule has 1 aromatic heterocycles. The lowest BCUT2D eigenvalue weighted by Gasteiger charge is -2.23. The van der Waals surface area contributed by atoms with Crippen molar-refractivity contribution < 1.29 is 8.42 Å². The van der Waals surface area contributed by atoms with Crippen molar-refractivity contribution in [1.29, 1.82) is 0 Å². The van der Waals surface area contributed by atoms with Gasteiger partial charge in [0.1, 0.15) is 0 Å². The molecule has 1 heterocycles. The van der Waals surface area contributed by atoms with Crippen molar-refractivity contribution in [3.05, 3.63) is 22.4 Å². The van der Waals surface area contributed by atoms with Crippen molar-refractivity contribution in [3.63, 3.8) is 0 Å². The lowest BCUT2D eigenvalue weighted by atomic mass is 10.1. The number of hydrogen-bond donors (Lipinski definition) is 1. The van der Waals surface area contributed by atoms with E-state index in [0.717, 1.165) is 25.8 Å². The molecule has 5 heteroatoms. The zero-order valence-electron chi connectivity index (χ0n) is 11.3. The van der Waals surface area contributed by atoms with Gasteiger partial charge in [-0.25, -0.2) is 8.42 Å². The summed E-state index contributed by atoms with van der Waals surface area (Å²) in [5.74, 6) is 0. The summed E-state index contributed by atoms with van der Waals surface area (Å²) >= 11 is 1.68. The Morgan fingerprint density at radius 2 is 2.17 bits per heavy atom. The van der Waals surface area contributed by atoms with Gasteiger partial charge in [0.2, 0.25) is 0 Å². The highest BCUT2D eigenvalue weighted by Gasteiger charge is 2.25. The summed E-state index contributed by atoms with van der Waals surface area (Å²) in [4.78, 5) is 0. The lowest BCUT2D eigenvalue weighted by molar-refractivity contribution is 0.460. The van der Waals surface area contributed by atoms with Gasteiger partial charge >= 0.3 is 0 Å². The van der Waals surface area contributed by atoms with Crippen LogP contribution in [0.3, 0.4) is 0 Å². The monoisotopic (exact) mass is 289 g/mol. The Balaban J connectivity index is 2.60. The lowest BCUT2D eigenvalue weighted by Crippen LogP contribution is -2.42. The molecule has 1 rings (SSSR count). The second-order valence-electron chi connectivity index (χ2n) is 4.77. The van der Waals surface area contributed by atoms with E-state index in [1.807, 2.05) is 0 Å². The van der Waals surface area contributed by atoms with Crippen LogP contribution in [0.2, 0.25) is 0 Å². The van der Waals surface area contributed by atoms with E-state index < -0.39 is 9.84 Å². The van der Waals surface area contributed by atoms with Gasteiger partial charge in [-0.2, -0.15) is 11.3 Å². The van der Waals surface area contributed by atoms with Crippen molar-refractivity contribution >= 4 is 21.2 Å². The van der Waals surface area contributed by atoms with Crippen molar-refractivity contribution in [3.8, 4) is 0 Å². The molecule has 0 aromatic carbocycles. The minimum Gasteiger partial charge on any atom is -0.313 e. The Morgan fingerprint density at radius 1 is 1.44 bits per heavy atom. The summed E-state index contributed by atoms with van der Waals surface area (Å²) in [6.45, 7) is 4.76. The molecule has 0 radical (unpaired) electrons. The second-order valence-corrected chi connectivity index (χ2v) is 7.95. The SMILES string of the molecule is CCCNC(CCc1ccsc1)C(C)S(C)(=O)=O. The molecule has 104 valence electrons. The first-order chi connectivity index (χ1) is 8.45. The molecule has 0 amide bonds. The first-order valence-corrected chi connectivity index (χ1v) is 9.28. The van der Waals surface area contributed by atoms with Gasteiger partial charge in [-0.3, -0.25) is 0 Å². The van der Waals surface area contributed by atoms with Crippen molar-refractivity contribution in [2.75, 3.05) is 12.8 Å². The molecule has 1 N–H and O–H groups in total. The minimum atomic E-state index is -2.98. The molecule has 0 aliphatic carbocycles. The highest BCUT2D eigenvalue weighted by atomic mass is 32.2. The zero-order chi connectivity index (χ0) is 13.6. The Kier molecular flexibility index (Phi) is 6.32. The number of thiophene rings is 1. The summed E-state index contributed by atoms with van der Waals surface area (Å²) in [5, 5.41) is 7.22. The van der Waals surface area contributed by atoms with E-state index in [-0.39, 0.29) is 11.3 Å². The standard InChI is InChI=1S/C13H23NO2S2/c1-4-8-14-13(11(2)18(3,15)16)6-5-12-7-9-17-10-12/h7,9-11,13-14H,4-6,8H2,1-3H3. The molecule has 0 saturated carbocycles. The quantitative estimate of drug-likeness (QED) is 0.800. The fraction of sp³-hybridized carbons (Fsp3) is 0.692. The predicted molar refractivity (Wildman–Crippen MR) is 79.0 cm³/mol. The highest BCUT2D eigenvalue weighted by molar-refractivity contribution is 7.91. The van der Waals surface area contributed by atoms with Crippen LogP contribution >= 0.6 is 11.3 Å². The Bertz CT molecular complexity index is 426. The van der Waals surface area contributed by atoms with E-state index in [4.69, 9.17) is 0 Å². The molecule has 2 unspecified atom stereocenters. The number of sulfone groups is 1. The normalized spacial score (nSPS) is 15.5. The average molecular weight is 289 g/mol. The predicted octanol–water partition coefficient (Wildman–Crippen LogP) is 2.48. The van der Waals surface area contributed by atoms with Gasteiger partial charge in [-0.05, 0) is 55.1 Å². The Labute approximate surface area is 115 Å². The van der Waals surface area contributed by atoms with Crippen LogP contribution in [0.1, 0.15) is 32.3 Å². The third-order valence-electron chi connectivity index (χ3n) is 3.22. The van der Waals surface area contributed by atoms with Gasteiger partial charge in [-0.1, -0.05) is 6.92 Å². The third kappa shape index (κ3) is 5.08. The van der Waals surface area contributed by atoms with E-state index in [2.05, 4.69) is 29.1 Å². The topological polar surface area (TPSA) is 46.2 Å². The molecule has 0 aliphatic rings. The van der Waals surface area contributed by atoms with Gasteiger partial charge in [0.05, 0.1) is 5.25 Å². The van der Waals surface area contributed by atoms with E-state index in [1.54, 1.807) is 18.3 Å². The van der Waals surface area contributed by atoms with Crippen LogP contribution in [0, 0.1) is 0 Å². The second kappa shape index (κ2) is 7.26. The molecule has 0 saturated heterocycles. The maximum absolute atomic E-state index is 11.7. The van der Waals surface area contributed by atoms with Crippen molar-refractivity contribution in [2.24, 2.45) is 0 Å². The Morgan fingerprint density at radius 3 is 2.67 bits per heavy atom. The zero-order valence-corrected chi connectivity index (χ0v) is 13.0. The molecule has 0 bridgehead atoms. The number of hydrogen-bond acceptors (Lipinski definition) is 4. The van der Waals surface area contributed by atoms with Crippen molar-refractivity contribution in [1.82, 2.24) is 5.32 Å². The van der Waals surface area contributed by atoms with Crippen LogP contribution in [0.4, 0.5) is 0 Å². The molecule has 0 fully saturated rings. The van der Waals surface area contributed by atoms with Crippen LogP contribution in [0.25, 0.3) is 0 Å². The molecule has 1 aromatic rings. The number of aryl methyl sites for hydroxylation is 1. The molecule has 0 aliphatic heterocycles. The maximum atomic E-state index is 11.7. The van der Waals surface area contributed by atoms with Gasteiger partial charge in [-0.15, -0.1) is 0 Å². The molecule has 3 nitrogen and oxygen atoms in total. The van der Waals surface area contributed by atoms with E-state index >= 15 is 0 Å². The van der Waals surface area contributed by atoms with E-state index in [1.165, 1.54) is 11.8 Å². The number of nitrogens with one attached hydrogen (secondary N) is 1. The van der Waals surface area contributed by atoms with Crippen LogP contribution < -0.4 is 5.32 Å². The van der Waals surface area contributed by atoms with Gasteiger partial charge < -0.3 is 5.32 Å². The fourth-order valence-electron chi connectivity index (χ4n) is 1.89. The maximum Gasteiger partial charge on any atom is 0.151 e. The molecular weight excluding hydrogens is 266 g/mol. The average Bonchev–Trinajstić information content (AvgIpc) is 2.80. The van der Waals surface area contributed by atoms with Gasteiger partial charge in [0.15, 0.2) is 9.84 Å². The third-order valence-corrected chi connectivity index (χ3v) is 5.63. The van der Waals surface area contributed by atoms with Gasteiger partial charge in [0.25, 0.3) is 0 Å². The molecular formula is C13H23NO2S2. The summed E-state index contributed by atoms with van der Waals surface area (Å²) in [5.41, 5.74) is 1.30. The van der Waals surface area contributed by atoms with Crippen LogP contribution in [0.15, 0.2) is 16.8 Å². The van der Waals surface area contributed by atoms with Gasteiger partial charge in [0, 0.05) is 12.3 Å². The van der Waals surface area contributed by atoms with Crippen molar-refractivity contribution in [2.45, 2.75) is 44.4 Å². The number of rotatable bonds is 8. The van der Waals surface area contributed by atoms with Crippen LogP contribution in [-0.4, -0.2) is 32.5 Å².